The van der Waals surface area contributed by atoms with E-state index in [2.05, 4.69) is 16.9 Å². The van der Waals surface area contributed by atoms with E-state index < -0.39 is 0 Å². The van der Waals surface area contributed by atoms with Crippen LogP contribution >= 0.6 is 12.2 Å². The SMILES string of the molecule is C=CCN1N=NCC1=S.[Cd]. The topological polar surface area (TPSA) is 28.0 Å². The average Bonchev–Trinajstić information content (AvgIpc) is 2.18. The van der Waals surface area contributed by atoms with Crippen LogP contribution in [-0.2, 0) is 27.3 Å². The predicted octanol–water partition coefficient (Wildman–Crippen LogP) is 1.18. The van der Waals surface area contributed by atoms with Gasteiger partial charge in [0, 0.05) is 27.3 Å². The molecule has 0 saturated heterocycles. The van der Waals surface area contributed by atoms with Crippen LogP contribution in [0.25, 0.3) is 0 Å². The third-order valence-electron chi connectivity index (χ3n) is 0.967. The third-order valence-corrected chi connectivity index (χ3v) is 1.31. The van der Waals surface area contributed by atoms with Crippen LogP contribution in [0.15, 0.2) is 23.0 Å². The third kappa shape index (κ3) is 2.41. The Morgan fingerprint density at radius 3 is 2.90 bits per heavy atom. The van der Waals surface area contributed by atoms with Crippen molar-refractivity contribution in [1.29, 1.82) is 0 Å². The van der Waals surface area contributed by atoms with Gasteiger partial charge >= 0.3 is 0 Å². The Labute approximate surface area is 85.3 Å². The van der Waals surface area contributed by atoms with Gasteiger partial charge in [0.2, 0.25) is 0 Å². The molecule has 0 unspecified atom stereocenters. The van der Waals surface area contributed by atoms with Crippen molar-refractivity contribution in [3.05, 3.63) is 12.7 Å². The molecule has 0 aliphatic carbocycles. The number of rotatable bonds is 2. The quantitative estimate of drug-likeness (QED) is 0.420. The first kappa shape index (κ1) is 10.2. The summed E-state index contributed by atoms with van der Waals surface area (Å²) in [6.45, 7) is 4.78. The standard InChI is InChI=1S/C5H7N3S.Cd/c1-2-3-8-5(9)4-6-7-8;/h2H,1,3-4H2;. The first-order valence-corrected chi connectivity index (χ1v) is 3.04. The van der Waals surface area contributed by atoms with Crippen LogP contribution in [0.3, 0.4) is 0 Å². The maximum atomic E-state index is 4.90. The fourth-order valence-electron chi connectivity index (χ4n) is 0.561. The maximum absolute atomic E-state index is 4.90. The monoisotopic (exact) mass is 255 g/mol. The van der Waals surface area contributed by atoms with E-state index in [1.807, 2.05) is 0 Å². The second-order valence-corrected chi connectivity index (χ2v) is 2.12. The summed E-state index contributed by atoms with van der Waals surface area (Å²) in [6.07, 6.45) is 1.75. The van der Waals surface area contributed by atoms with Gasteiger partial charge < -0.3 is 0 Å². The molecule has 1 rings (SSSR count). The van der Waals surface area contributed by atoms with Gasteiger partial charge in [-0.15, -0.1) is 6.58 Å². The second kappa shape index (κ2) is 4.89. The molecule has 0 aromatic rings. The van der Waals surface area contributed by atoms with E-state index in [9.17, 15) is 0 Å². The van der Waals surface area contributed by atoms with Crippen LogP contribution < -0.4 is 0 Å². The summed E-state index contributed by atoms with van der Waals surface area (Å²) in [4.78, 5) is 0.773. The van der Waals surface area contributed by atoms with E-state index in [0.717, 1.165) is 4.99 Å². The van der Waals surface area contributed by atoms with E-state index in [-0.39, 0.29) is 27.3 Å². The van der Waals surface area contributed by atoms with Crippen molar-refractivity contribution in [3.63, 3.8) is 0 Å². The maximum Gasteiger partial charge on any atom is 0.125 e. The molecule has 1 heterocycles. The van der Waals surface area contributed by atoms with Crippen molar-refractivity contribution < 1.29 is 27.3 Å². The van der Waals surface area contributed by atoms with Crippen LogP contribution in [0.2, 0.25) is 0 Å². The van der Waals surface area contributed by atoms with E-state index in [4.69, 9.17) is 12.2 Å². The van der Waals surface area contributed by atoms with E-state index in [1.165, 1.54) is 0 Å². The molecule has 0 aromatic heterocycles. The van der Waals surface area contributed by atoms with Crippen molar-refractivity contribution in [2.24, 2.45) is 10.3 Å². The van der Waals surface area contributed by atoms with Gasteiger partial charge in [0.1, 0.15) is 11.5 Å². The van der Waals surface area contributed by atoms with Gasteiger partial charge in [-0.05, 0) is 0 Å². The minimum absolute atomic E-state index is 0. The Morgan fingerprint density at radius 2 is 2.50 bits per heavy atom. The molecule has 0 spiro atoms. The molecule has 0 radical (unpaired) electrons. The summed E-state index contributed by atoms with van der Waals surface area (Å²) in [6, 6.07) is 0. The van der Waals surface area contributed by atoms with Crippen LogP contribution in [0, 0.1) is 0 Å². The van der Waals surface area contributed by atoms with Crippen LogP contribution in [0.4, 0.5) is 0 Å². The number of thiocarbonyl (C=S) groups is 1. The minimum Gasteiger partial charge on any atom is -0.235 e. The van der Waals surface area contributed by atoms with Gasteiger partial charge in [0.15, 0.2) is 0 Å². The first-order chi connectivity index (χ1) is 4.34. The summed E-state index contributed by atoms with van der Waals surface area (Å²) in [5.74, 6) is 0. The summed E-state index contributed by atoms with van der Waals surface area (Å²) < 4.78 is 0. The molecule has 0 N–H and O–H groups in total. The smallest absolute Gasteiger partial charge is 0.125 e. The predicted molar refractivity (Wildman–Crippen MR) is 39.2 cm³/mol. The van der Waals surface area contributed by atoms with Gasteiger partial charge in [0.25, 0.3) is 0 Å². The Bertz CT molecular complexity index is 168. The minimum atomic E-state index is 0. The molecule has 0 saturated carbocycles. The van der Waals surface area contributed by atoms with Crippen molar-refractivity contribution in [1.82, 2.24) is 5.01 Å². The molecule has 0 atom stereocenters. The average molecular weight is 254 g/mol. The van der Waals surface area contributed by atoms with Crippen LogP contribution in [0.1, 0.15) is 0 Å². The van der Waals surface area contributed by atoms with Crippen LogP contribution in [-0.4, -0.2) is 23.1 Å². The number of hydrogen-bond acceptors (Lipinski definition) is 3. The molecular formula is C5H7CdN3S. The molecule has 5 heteroatoms. The summed E-state index contributed by atoms with van der Waals surface area (Å²) in [5, 5.41) is 9.13. The number of nitrogens with zero attached hydrogens (tertiary/aromatic N) is 3. The zero-order chi connectivity index (χ0) is 6.69. The Kier molecular flexibility index (Phi) is 4.96. The molecule has 1 aliphatic rings. The molecule has 3 nitrogen and oxygen atoms in total. The summed E-state index contributed by atoms with van der Waals surface area (Å²) in [7, 11) is 0. The molecule has 0 amide bonds. The molecule has 0 aromatic carbocycles. The second-order valence-electron chi connectivity index (χ2n) is 1.65. The van der Waals surface area contributed by atoms with Crippen molar-refractivity contribution in [3.8, 4) is 0 Å². The fraction of sp³-hybridized carbons (Fsp3) is 0.400. The first-order valence-electron chi connectivity index (χ1n) is 2.63. The molecule has 50 valence electrons. The molecule has 10 heavy (non-hydrogen) atoms. The van der Waals surface area contributed by atoms with Crippen LogP contribution in [0.5, 0.6) is 0 Å². The van der Waals surface area contributed by atoms with Crippen molar-refractivity contribution >= 4 is 17.2 Å². The van der Waals surface area contributed by atoms with Gasteiger partial charge in [-0.25, -0.2) is 5.01 Å². The normalized spacial score (nSPS) is 15.2. The molecule has 0 fully saturated rings. The van der Waals surface area contributed by atoms with Gasteiger partial charge in [0.05, 0.1) is 6.54 Å². The molecule has 1 aliphatic heterocycles. The molecule has 0 bridgehead atoms. The van der Waals surface area contributed by atoms with Gasteiger partial charge in [-0.1, -0.05) is 23.5 Å². The number of hydrogen-bond donors (Lipinski definition) is 0. The fourth-order valence-corrected chi connectivity index (χ4v) is 0.729. The van der Waals surface area contributed by atoms with E-state index >= 15 is 0 Å². The summed E-state index contributed by atoms with van der Waals surface area (Å²) in [5.41, 5.74) is 0. The summed E-state index contributed by atoms with van der Waals surface area (Å²) >= 11 is 4.90. The Balaban J connectivity index is 0.000000810. The van der Waals surface area contributed by atoms with Gasteiger partial charge in [-0.2, -0.15) is 5.11 Å². The molecular weight excluding hydrogens is 247 g/mol. The van der Waals surface area contributed by atoms with Gasteiger partial charge in [-0.3, -0.25) is 0 Å². The Morgan fingerprint density at radius 1 is 1.80 bits per heavy atom. The van der Waals surface area contributed by atoms with Crippen molar-refractivity contribution in [2.45, 2.75) is 0 Å². The zero-order valence-corrected chi connectivity index (χ0v) is 10.5. The Hall–Kier alpha value is 0.152. The van der Waals surface area contributed by atoms with E-state index in [1.54, 1.807) is 11.1 Å². The van der Waals surface area contributed by atoms with Crippen molar-refractivity contribution in [2.75, 3.05) is 13.1 Å². The largest absolute Gasteiger partial charge is 0.235 e. The zero-order valence-electron chi connectivity index (χ0n) is 5.66. The van der Waals surface area contributed by atoms with E-state index in [0.29, 0.717) is 13.1 Å².